The van der Waals surface area contributed by atoms with Crippen LogP contribution < -0.4 is 0 Å². The molecule has 2 heteroatoms. The highest BCUT2D eigenvalue weighted by molar-refractivity contribution is 5.82. The van der Waals surface area contributed by atoms with Crippen molar-refractivity contribution in [3.05, 3.63) is 11.6 Å². The van der Waals surface area contributed by atoms with Gasteiger partial charge in [0, 0.05) is 6.08 Å². The molecule has 0 aromatic heterocycles. The molecule has 2 aliphatic carbocycles. The molecule has 0 bridgehead atoms. The lowest BCUT2D eigenvalue weighted by Crippen LogP contribution is -2.20. The molecule has 0 atom stereocenters. The summed E-state index contributed by atoms with van der Waals surface area (Å²) in [4.78, 5) is 11.6. The minimum atomic E-state index is -0.152. The van der Waals surface area contributed by atoms with E-state index in [2.05, 4.69) is 0 Å². The van der Waals surface area contributed by atoms with Crippen LogP contribution in [-0.4, -0.2) is 13.1 Å². The summed E-state index contributed by atoms with van der Waals surface area (Å²) >= 11 is 0. The molecule has 2 saturated carbocycles. The summed E-state index contributed by atoms with van der Waals surface area (Å²) in [7, 11) is 1.48. The smallest absolute Gasteiger partial charge is 0.330 e. The van der Waals surface area contributed by atoms with E-state index in [-0.39, 0.29) is 5.97 Å². The van der Waals surface area contributed by atoms with E-state index in [1.807, 2.05) is 6.08 Å². The van der Waals surface area contributed by atoms with E-state index in [1.54, 1.807) is 0 Å². The van der Waals surface area contributed by atoms with E-state index in [0.717, 1.165) is 0 Å². The average molecular weight is 250 g/mol. The van der Waals surface area contributed by atoms with Crippen molar-refractivity contribution in [3.63, 3.8) is 0 Å². The Balaban J connectivity index is 2.10. The van der Waals surface area contributed by atoms with Crippen molar-refractivity contribution in [3.8, 4) is 0 Å². The summed E-state index contributed by atoms with van der Waals surface area (Å²) in [5.41, 5.74) is 1.42. The maximum atomic E-state index is 11.6. The average Bonchev–Trinajstić information content (AvgIpc) is 2.46. The molecule has 0 amide bonds. The zero-order chi connectivity index (χ0) is 12.8. The minimum Gasteiger partial charge on any atom is -0.466 e. The number of hydrogen-bond acceptors (Lipinski definition) is 2. The van der Waals surface area contributed by atoms with Crippen LogP contribution >= 0.6 is 0 Å². The first-order valence-corrected chi connectivity index (χ1v) is 7.60. The van der Waals surface area contributed by atoms with E-state index in [9.17, 15) is 4.79 Å². The summed E-state index contributed by atoms with van der Waals surface area (Å²) in [6.45, 7) is 0. The van der Waals surface area contributed by atoms with Gasteiger partial charge in [-0.25, -0.2) is 4.79 Å². The first-order valence-electron chi connectivity index (χ1n) is 7.60. The molecule has 0 saturated heterocycles. The summed E-state index contributed by atoms with van der Waals surface area (Å²) in [5.74, 6) is 1.16. The molecule has 0 aromatic carbocycles. The van der Waals surface area contributed by atoms with Crippen LogP contribution in [0.1, 0.15) is 64.2 Å². The molecule has 18 heavy (non-hydrogen) atoms. The molecule has 0 heterocycles. The maximum absolute atomic E-state index is 11.6. The van der Waals surface area contributed by atoms with Crippen LogP contribution in [0.3, 0.4) is 0 Å². The van der Waals surface area contributed by atoms with Gasteiger partial charge in [0.2, 0.25) is 0 Å². The zero-order valence-corrected chi connectivity index (χ0v) is 11.6. The van der Waals surface area contributed by atoms with Gasteiger partial charge in [-0.3, -0.25) is 0 Å². The van der Waals surface area contributed by atoms with Gasteiger partial charge in [0.1, 0.15) is 0 Å². The van der Waals surface area contributed by atoms with Gasteiger partial charge < -0.3 is 4.74 Å². The molecule has 0 N–H and O–H groups in total. The molecule has 0 unspecified atom stereocenters. The molecule has 2 nitrogen and oxygen atoms in total. The van der Waals surface area contributed by atoms with Crippen molar-refractivity contribution in [1.29, 1.82) is 0 Å². The first-order chi connectivity index (χ1) is 8.81. The Labute approximate surface area is 111 Å². The Morgan fingerprint density at radius 2 is 1.33 bits per heavy atom. The highest BCUT2D eigenvalue weighted by atomic mass is 16.5. The van der Waals surface area contributed by atoms with Gasteiger partial charge in [0.15, 0.2) is 0 Å². The fraction of sp³-hybridized carbons (Fsp3) is 0.812. The van der Waals surface area contributed by atoms with Crippen molar-refractivity contribution < 1.29 is 9.53 Å². The molecule has 0 radical (unpaired) electrons. The lowest BCUT2D eigenvalue weighted by atomic mass is 9.73. The SMILES string of the molecule is COC(=O)C=C(C1CCCCC1)C1CCCCC1. The van der Waals surface area contributed by atoms with Crippen LogP contribution in [0.5, 0.6) is 0 Å². The first kappa shape index (κ1) is 13.6. The predicted octanol–water partition coefficient (Wildman–Crippen LogP) is 4.25. The Hall–Kier alpha value is -0.790. The van der Waals surface area contributed by atoms with E-state index >= 15 is 0 Å². The van der Waals surface area contributed by atoms with Gasteiger partial charge >= 0.3 is 5.97 Å². The molecule has 0 aromatic rings. The number of ether oxygens (including phenoxy) is 1. The minimum absolute atomic E-state index is 0.152. The van der Waals surface area contributed by atoms with Crippen LogP contribution in [-0.2, 0) is 9.53 Å². The van der Waals surface area contributed by atoms with Crippen molar-refractivity contribution in [2.45, 2.75) is 64.2 Å². The topological polar surface area (TPSA) is 26.3 Å². The van der Waals surface area contributed by atoms with E-state index in [4.69, 9.17) is 4.74 Å². The van der Waals surface area contributed by atoms with Gasteiger partial charge in [-0.2, -0.15) is 0 Å². The quantitative estimate of drug-likeness (QED) is 0.553. The second kappa shape index (κ2) is 6.96. The molecule has 2 rings (SSSR count). The number of carbonyl (C=O) groups is 1. The number of hydrogen-bond donors (Lipinski definition) is 0. The fourth-order valence-electron chi connectivity index (χ4n) is 3.64. The van der Waals surface area contributed by atoms with Crippen LogP contribution in [0.4, 0.5) is 0 Å². The molecule has 2 aliphatic rings. The van der Waals surface area contributed by atoms with Crippen molar-refractivity contribution >= 4 is 5.97 Å². The van der Waals surface area contributed by atoms with Crippen LogP contribution in [0.2, 0.25) is 0 Å². The fourth-order valence-corrected chi connectivity index (χ4v) is 3.64. The van der Waals surface area contributed by atoms with Gasteiger partial charge in [-0.1, -0.05) is 44.1 Å². The molecular formula is C16H26O2. The maximum Gasteiger partial charge on any atom is 0.330 e. The lowest BCUT2D eigenvalue weighted by Gasteiger charge is -2.32. The zero-order valence-electron chi connectivity index (χ0n) is 11.6. The van der Waals surface area contributed by atoms with Crippen LogP contribution in [0, 0.1) is 11.8 Å². The molecule has 2 fully saturated rings. The third kappa shape index (κ3) is 3.60. The number of allylic oxidation sites excluding steroid dienone is 1. The number of carbonyl (C=O) groups excluding carboxylic acids is 1. The number of methoxy groups -OCH3 is 1. The highest BCUT2D eigenvalue weighted by Crippen LogP contribution is 2.39. The Morgan fingerprint density at radius 1 is 0.889 bits per heavy atom. The van der Waals surface area contributed by atoms with Crippen molar-refractivity contribution in [2.24, 2.45) is 11.8 Å². The van der Waals surface area contributed by atoms with Crippen molar-refractivity contribution in [1.82, 2.24) is 0 Å². The highest BCUT2D eigenvalue weighted by Gasteiger charge is 2.26. The Kier molecular flexibility index (Phi) is 5.27. The standard InChI is InChI=1S/C16H26O2/c1-18-16(17)12-15(13-8-4-2-5-9-13)14-10-6-3-7-11-14/h12-14H,2-11H2,1H3. The summed E-state index contributed by atoms with van der Waals surface area (Å²) in [5, 5.41) is 0. The molecule has 0 aliphatic heterocycles. The summed E-state index contributed by atoms with van der Waals surface area (Å²) in [6, 6.07) is 0. The van der Waals surface area contributed by atoms with E-state index < -0.39 is 0 Å². The molecular weight excluding hydrogens is 224 g/mol. The Bertz CT molecular complexity index is 274. The van der Waals surface area contributed by atoms with E-state index in [0.29, 0.717) is 11.8 Å². The summed E-state index contributed by atoms with van der Waals surface area (Å²) < 4.78 is 4.85. The third-order valence-corrected chi connectivity index (χ3v) is 4.64. The second-order valence-corrected chi connectivity index (χ2v) is 5.84. The van der Waals surface area contributed by atoms with Gasteiger partial charge in [-0.15, -0.1) is 0 Å². The van der Waals surface area contributed by atoms with Gasteiger partial charge in [0.25, 0.3) is 0 Å². The van der Waals surface area contributed by atoms with Gasteiger partial charge in [0.05, 0.1) is 7.11 Å². The summed E-state index contributed by atoms with van der Waals surface area (Å²) in [6.07, 6.45) is 15.0. The van der Waals surface area contributed by atoms with Crippen molar-refractivity contribution in [2.75, 3.05) is 7.11 Å². The third-order valence-electron chi connectivity index (χ3n) is 4.64. The Morgan fingerprint density at radius 3 is 1.72 bits per heavy atom. The second-order valence-electron chi connectivity index (χ2n) is 5.84. The predicted molar refractivity (Wildman–Crippen MR) is 73.2 cm³/mol. The largest absolute Gasteiger partial charge is 0.466 e. The number of rotatable bonds is 3. The van der Waals surface area contributed by atoms with Gasteiger partial charge in [-0.05, 0) is 37.5 Å². The number of esters is 1. The van der Waals surface area contributed by atoms with Crippen LogP contribution in [0.15, 0.2) is 11.6 Å². The lowest BCUT2D eigenvalue weighted by molar-refractivity contribution is -0.135. The molecule has 0 spiro atoms. The molecule has 102 valence electrons. The van der Waals surface area contributed by atoms with Crippen LogP contribution in [0.25, 0.3) is 0 Å². The monoisotopic (exact) mass is 250 g/mol. The normalized spacial score (nSPS) is 22.5. The van der Waals surface area contributed by atoms with E-state index in [1.165, 1.54) is 76.9 Å².